The fourth-order valence-electron chi connectivity index (χ4n) is 3.05. The monoisotopic (exact) mass is 444 g/mol. The molecule has 1 aliphatic heterocycles. The number of hydrogen-bond donors (Lipinski definition) is 2. The number of benzene rings is 1. The number of hydrogen-bond acceptors (Lipinski definition) is 9. The van der Waals surface area contributed by atoms with Crippen LogP contribution >= 0.6 is 11.8 Å². The Bertz CT molecular complexity index is 977. The van der Waals surface area contributed by atoms with Gasteiger partial charge in [-0.1, -0.05) is 30.5 Å². The van der Waals surface area contributed by atoms with Crippen molar-refractivity contribution in [2.75, 3.05) is 26.1 Å². The van der Waals surface area contributed by atoms with Crippen molar-refractivity contribution in [1.29, 1.82) is 5.26 Å². The van der Waals surface area contributed by atoms with Gasteiger partial charge in [0.2, 0.25) is 0 Å². The molecule has 0 aromatic heterocycles. The van der Waals surface area contributed by atoms with Crippen LogP contribution in [0.2, 0.25) is 0 Å². The van der Waals surface area contributed by atoms with E-state index in [9.17, 15) is 20.0 Å². The van der Waals surface area contributed by atoms with Gasteiger partial charge in [0.1, 0.15) is 6.61 Å². The fourth-order valence-corrected chi connectivity index (χ4v) is 3.94. The Labute approximate surface area is 185 Å². The molecular formula is C22H24N2O6S. The zero-order valence-electron chi connectivity index (χ0n) is 17.6. The molecule has 0 saturated carbocycles. The van der Waals surface area contributed by atoms with Crippen LogP contribution in [-0.4, -0.2) is 43.1 Å². The van der Waals surface area contributed by atoms with Gasteiger partial charge < -0.3 is 24.6 Å². The Balaban J connectivity index is 2.56. The molecule has 9 heteroatoms. The molecule has 2 N–H and O–H groups in total. The Hall–Kier alpha value is -3.38. The van der Waals surface area contributed by atoms with Crippen LogP contribution in [0.3, 0.4) is 0 Å². The molecule has 1 aromatic carbocycles. The predicted molar refractivity (Wildman–Crippen MR) is 116 cm³/mol. The number of methoxy groups -OCH3 is 1. The fraction of sp³-hybridized carbons (Fsp3) is 0.318. The van der Waals surface area contributed by atoms with E-state index in [1.54, 1.807) is 26.0 Å². The summed E-state index contributed by atoms with van der Waals surface area (Å²) in [5.41, 5.74) is 1.51. The maximum absolute atomic E-state index is 12.8. The molecule has 0 fully saturated rings. The summed E-state index contributed by atoms with van der Waals surface area (Å²) in [4.78, 5) is 24.6. The number of nitrogens with one attached hydrogen (secondary N) is 1. The molecule has 8 nitrogen and oxygen atoms in total. The van der Waals surface area contributed by atoms with Gasteiger partial charge in [-0.05, 0) is 31.5 Å². The zero-order chi connectivity index (χ0) is 23.0. The van der Waals surface area contributed by atoms with Gasteiger partial charge in [-0.2, -0.15) is 5.26 Å². The lowest BCUT2D eigenvalue weighted by molar-refractivity contribution is -0.140. The van der Waals surface area contributed by atoms with Crippen molar-refractivity contribution < 1.29 is 28.9 Å². The Morgan fingerprint density at radius 1 is 1.39 bits per heavy atom. The van der Waals surface area contributed by atoms with Crippen LogP contribution in [0.1, 0.15) is 25.3 Å². The Morgan fingerprint density at radius 2 is 2.13 bits per heavy atom. The van der Waals surface area contributed by atoms with Gasteiger partial charge in [0.25, 0.3) is 0 Å². The molecule has 31 heavy (non-hydrogen) atoms. The number of phenols is 1. The van der Waals surface area contributed by atoms with E-state index in [1.807, 2.05) is 0 Å². The summed E-state index contributed by atoms with van der Waals surface area (Å²) in [6.07, 6.45) is 1.45. The molecule has 1 aliphatic rings. The van der Waals surface area contributed by atoms with Crippen molar-refractivity contribution in [2.45, 2.75) is 19.8 Å². The standard InChI is InChI=1S/C22H24N2O6S/c1-5-9-30-22(27)19-13(3)24-21(31-12-18(26)29-6-2)15(11-23)20(19)14-7-8-16(25)17(10-14)28-4/h5,7-8,10,20,24-25H,1,6,9,12H2,2-4H3/t20-/m0/s1. The van der Waals surface area contributed by atoms with Gasteiger partial charge in [0.15, 0.2) is 11.5 Å². The highest BCUT2D eigenvalue weighted by Gasteiger charge is 2.36. The van der Waals surface area contributed by atoms with Gasteiger partial charge in [0.05, 0.1) is 47.6 Å². The smallest absolute Gasteiger partial charge is 0.337 e. The second kappa shape index (κ2) is 11.1. The third-order valence-corrected chi connectivity index (χ3v) is 5.37. The van der Waals surface area contributed by atoms with Gasteiger partial charge >= 0.3 is 11.9 Å². The lowest BCUT2D eigenvalue weighted by Crippen LogP contribution is -2.29. The molecular weight excluding hydrogens is 420 g/mol. The molecule has 0 saturated heterocycles. The van der Waals surface area contributed by atoms with E-state index in [-0.39, 0.29) is 41.6 Å². The first-order chi connectivity index (χ1) is 14.9. The maximum atomic E-state index is 12.8. The molecule has 0 bridgehead atoms. The SMILES string of the molecule is C=CCOC(=O)C1=C(C)NC(SCC(=O)OCC)=C(C#N)[C@@H]1c1ccc(O)c(OC)c1. The van der Waals surface area contributed by atoms with E-state index in [1.165, 1.54) is 19.3 Å². The molecule has 0 aliphatic carbocycles. The number of aromatic hydroxyl groups is 1. The summed E-state index contributed by atoms with van der Waals surface area (Å²) in [7, 11) is 1.41. The van der Waals surface area contributed by atoms with Crippen LogP contribution in [-0.2, 0) is 19.1 Å². The third kappa shape index (κ3) is 5.61. The van der Waals surface area contributed by atoms with E-state index in [0.717, 1.165) is 11.8 Å². The number of esters is 2. The van der Waals surface area contributed by atoms with Crippen molar-refractivity contribution in [1.82, 2.24) is 5.32 Å². The number of nitriles is 1. The summed E-state index contributed by atoms with van der Waals surface area (Å²) >= 11 is 1.11. The molecule has 1 atom stereocenters. The maximum Gasteiger partial charge on any atom is 0.337 e. The van der Waals surface area contributed by atoms with Crippen molar-refractivity contribution in [2.24, 2.45) is 0 Å². The Kier molecular flexibility index (Phi) is 8.58. The minimum atomic E-state index is -0.789. The van der Waals surface area contributed by atoms with Gasteiger partial charge in [-0.3, -0.25) is 4.79 Å². The first-order valence-electron chi connectivity index (χ1n) is 9.43. The number of carbonyl (C=O) groups is 2. The summed E-state index contributed by atoms with van der Waals surface area (Å²) in [6.45, 7) is 7.21. The van der Waals surface area contributed by atoms with Crippen LogP contribution in [0.15, 0.2) is 52.7 Å². The third-order valence-electron chi connectivity index (χ3n) is 4.38. The van der Waals surface area contributed by atoms with Gasteiger partial charge in [-0.25, -0.2) is 4.79 Å². The number of nitrogens with zero attached hydrogens (tertiary/aromatic N) is 1. The normalized spacial score (nSPS) is 15.6. The average Bonchev–Trinajstić information content (AvgIpc) is 2.76. The minimum absolute atomic E-state index is 0.00348. The van der Waals surface area contributed by atoms with Crippen LogP contribution in [0, 0.1) is 11.3 Å². The molecule has 2 rings (SSSR count). The first-order valence-corrected chi connectivity index (χ1v) is 10.4. The van der Waals surface area contributed by atoms with E-state index in [2.05, 4.69) is 18.0 Å². The lowest BCUT2D eigenvalue weighted by atomic mass is 9.82. The van der Waals surface area contributed by atoms with Gasteiger partial charge in [-0.15, -0.1) is 0 Å². The van der Waals surface area contributed by atoms with Crippen LogP contribution in [0.4, 0.5) is 0 Å². The first kappa shape index (κ1) is 23.9. The second-order valence-electron chi connectivity index (χ2n) is 6.36. The highest BCUT2D eigenvalue weighted by atomic mass is 32.2. The van der Waals surface area contributed by atoms with Crippen molar-refractivity contribution >= 4 is 23.7 Å². The molecule has 0 spiro atoms. The van der Waals surface area contributed by atoms with Crippen LogP contribution in [0.25, 0.3) is 0 Å². The molecule has 0 amide bonds. The van der Waals surface area contributed by atoms with Crippen molar-refractivity contribution in [3.8, 4) is 17.6 Å². The number of allylic oxidation sites excluding steroid dienone is 2. The molecule has 0 radical (unpaired) electrons. The van der Waals surface area contributed by atoms with E-state index < -0.39 is 17.9 Å². The summed E-state index contributed by atoms with van der Waals surface area (Å²) in [5, 5.41) is 23.4. The van der Waals surface area contributed by atoms with Crippen molar-refractivity contribution in [3.05, 3.63) is 58.3 Å². The number of dihydropyridines is 1. The van der Waals surface area contributed by atoms with E-state index in [0.29, 0.717) is 16.3 Å². The van der Waals surface area contributed by atoms with Crippen LogP contribution < -0.4 is 10.1 Å². The molecule has 0 unspecified atom stereocenters. The predicted octanol–water partition coefficient (Wildman–Crippen LogP) is 3.12. The van der Waals surface area contributed by atoms with Gasteiger partial charge in [0, 0.05) is 5.70 Å². The summed E-state index contributed by atoms with van der Waals surface area (Å²) < 4.78 is 15.4. The quantitative estimate of drug-likeness (QED) is 0.437. The lowest BCUT2D eigenvalue weighted by Gasteiger charge is -2.29. The number of carbonyl (C=O) groups excluding carboxylic acids is 2. The Morgan fingerprint density at radius 3 is 2.74 bits per heavy atom. The number of thioether (sulfide) groups is 1. The van der Waals surface area contributed by atoms with E-state index >= 15 is 0 Å². The summed E-state index contributed by atoms with van der Waals surface area (Å²) in [5.74, 6) is -1.69. The number of phenolic OH excluding ortho intramolecular Hbond substituents is 1. The zero-order valence-corrected chi connectivity index (χ0v) is 18.4. The molecule has 164 valence electrons. The highest BCUT2D eigenvalue weighted by Crippen LogP contribution is 2.43. The van der Waals surface area contributed by atoms with Crippen molar-refractivity contribution in [3.63, 3.8) is 0 Å². The van der Waals surface area contributed by atoms with E-state index in [4.69, 9.17) is 14.2 Å². The number of ether oxygens (including phenoxy) is 3. The van der Waals surface area contributed by atoms with Crippen LogP contribution in [0.5, 0.6) is 11.5 Å². The summed E-state index contributed by atoms with van der Waals surface area (Å²) in [6, 6.07) is 6.74. The molecule has 1 aromatic rings. The number of rotatable bonds is 9. The topological polar surface area (TPSA) is 118 Å². The second-order valence-corrected chi connectivity index (χ2v) is 7.35. The average molecular weight is 445 g/mol. The largest absolute Gasteiger partial charge is 0.504 e. The minimum Gasteiger partial charge on any atom is -0.504 e. The highest BCUT2D eigenvalue weighted by molar-refractivity contribution is 8.03. The molecule has 1 heterocycles.